The molecule has 0 aliphatic carbocycles. The van der Waals surface area contributed by atoms with Crippen molar-refractivity contribution in [3.8, 4) is 0 Å². The van der Waals surface area contributed by atoms with Crippen LogP contribution < -0.4 is 16.6 Å². The van der Waals surface area contributed by atoms with Crippen LogP contribution in [0.25, 0.3) is 11.2 Å². The number of aliphatic hydroxyl groups excluding tert-OH is 2. The number of ether oxygens (including phenoxy) is 1. The molecule has 6 atom stereocenters. The number of imidazole rings is 1. The van der Waals surface area contributed by atoms with Gasteiger partial charge in [-0.1, -0.05) is 0 Å². The zero-order valence-electron chi connectivity index (χ0n) is 15.0. The molecule has 3 heterocycles. The largest absolute Gasteiger partial charge is 0.548 e. The Bertz CT molecular complexity index is 825. The first-order valence-corrected chi connectivity index (χ1v) is 10.3. The quantitative estimate of drug-likeness (QED) is 0.331. The van der Waals surface area contributed by atoms with Gasteiger partial charge >= 0.3 is 0 Å². The van der Waals surface area contributed by atoms with Crippen molar-refractivity contribution in [1.82, 2.24) is 19.5 Å². The van der Waals surface area contributed by atoms with E-state index < -0.39 is 36.6 Å². The van der Waals surface area contributed by atoms with Gasteiger partial charge in [0.1, 0.15) is 41.7 Å². The lowest BCUT2D eigenvalue weighted by atomic mass is 10.1. The molecular weight excluding hydrogens is 412 g/mol. The number of hydrogen-bond donors (Lipinski definition) is 4. The molecule has 0 spiro atoms. The summed E-state index contributed by atoms with van der Waals surface area (Å²) < 4.78 is 7.39. The SMILES string of the molecule is C[S+](CCC(N)C(=O)[O-])C[C@H]1O[C@@H](n2cnc3c(N)ncnc32)[C@H](O)[C@@H]1O.Cl. The zero-order chi connectivity index (χ0) is 19.7. The number of anilines is 1. The lowest BCUT2D eigenvalue weighted by Gasteiger charge is -2.16. The summed E-state index contributed by atoms with van der Waals surface area (Å²) in [5, 5.41) is 31.5. The number of carboxylic acids is 1. The second-order valence-corrected chi connectivity index (χ2v) is 8.80. The number of aliphatic hydroxyl groups is 2. The van der Waals surface area contributed by atoms with E-state index in [1.165, 1.54) is 17.2 Å². The van der Waals surface area contributed by atoms with Crippen molar-refractivity contribution in [1.29, 1.82) is 0 Å². The summed E-state index contributed by atoms with van der Waals surface area (Å²) in [5.41, 5.74) is 12.0. The zero-order valence-corrected chi connectivity index (χ0v) is 16.7. The van der Waals surface area contributed by atoms with Crippen molar-refractivity contribution in [3.05, 3.63) is 12.7 Å². The number of rotatable bonds is 7. The molecule has 28 heavy (non-hydrogen) atoms. The summed E-state index contributed by atoms with van der Waals surface area (Å²) in [6.45, 7) is 0. The monoisotopic (exact) mass is 434 g/mol. The highest BCUT2D eigenvalue weighted by Gasteiger charge is 2.46. The number of carbonyl (C=O) groups is 1. The molecule has 3 rings (SSSR count). The van der Waals surface area contributed by atoms with Crippen molar-refractivity contribution in [2.24, 2.45) is 5.73 Å². The van der Waals surface area contributed by atoms with E-state index in [1.54, 1.807) is 0 Å². The van der Waals surface area contributed by atoms with Gasteiger partial charge in [-0.25, -0.2) is 15.0 Å². The van der Waals surface area contributed by atoms with Crippen LogP contribution in [0.1, 0.15) is 12.6 Å². The van der Waals surface area contributed by atoms with Gasteiger partial charge in [-0.2, -0.15) is 0 Å². The van der Waals surface area contributed by atoms with Crippen LogP contribution >= 0.6 is 12.4 Å². The highest BCUT2D eigenvalue weighted by atomic mass is 35.5. The molecular formula is C15H23ClN6O5S. The fourth-order valence-corrected chi connectivity index (χ4v) is 4.62. The molecule has 0 radical (unpaired) electrons. The number of nitrogens with zero attached hydrogens (tertiary/aromatic N) is 4. The van der Waals surface area contributed by atoms with Crippen molar-refractivity contribution in [2.75, 3.05) is 23.5 Å². The number of nitrogens with two attached hydrogens (primary N) is 2. The predicted octanol–water partition coefficient (Wildman–Crippen LogP) is -2.84. The summed E-state index contributed by atoms with van der Waals surface area (Å²) in [6.07, 6.45) is 1.17. The molecule has 0 saturated carbocycles. The Kier molecular flexibility index (Phi) is 7.42. The second kappa shape index (κ2) is 9.20. The third-order valence-electron chi connectivity index (χ3n) is 4.53. The van der Waals surface area contributed by atoms with Crippen LogP contribution in [0, 0.1) is 0 Å². The first-order valence-electron chi connectivity index (χ1n) is 8.29. The minimum Gasteiger partial charge on any atom is -0.548 e. The van der Waals surface area contributed by atoms with Crippen LogP contribution in [-0.2, 0) is 20.4 Å². The van der Waals surface area contributed by atoms with E-state index >= 15 is 0 Å². The molecule has 0 aromatic carbocycles. The molecule has 156 valence electrons. The van der Waals surface area contributed by atoms with Crippen molar-refractivity contribution < 1.29 is 24.9 Å². The van der Waals surface area contributed by atoms with Gasteiger partial charge in [0, 0.05) is 12.5 Å². The van der Waals surface area contributed by atoms with E-state index in [4.69, 9.17) is 16.2 Å². The maximum Gasteiger partial charge on any atom is 0.167 e. The summed E-state index contributed by atoms with van der Waals surface area (Å²) in [4.78, 5) is 22.8. The normalized spacial score (nSPS) is 26.7. The molecule has 0 amide bonds. The minimum atomic E-state index is -1.28. The van der Waals surface area contributed by atoms with E-state index in [1.807, 2.05) is 6.26 Å². The third kappa shape index (κ3) is 4.47. The Morgan fingerprint density at radius 3 is 2.79 bits per heavy atom. The number of fused-ring (bicyclic) bond motifs is 1. The number of aromatic nitrogens is 4. The smallest absolute Gasteiger partial charge is 0.167 e. The number of nitrogen functional groups attached to an aromatic ring is 1. The summed E-state index contributed by atoms with van der Waals surface area (Å²) in [7, 11) is -0.263. The first kappa shape index (κ1) is 22.6. The van der Waals surface area contributed by atoms with Crippen LogP contribution in [-0.4, -0.2) is 77.8 Å². The van der Waals surface area contributed by atoms with Crippen LogP contribution in [0.2, 0.25) is 0 Å². The van der Waals surface area contributed by atoms with E-state index in [2.05, 4.69) is 15.0 Å². The molecule has 1 fully saturated rings. The highest BCUT2D eigenvalue weighted by Crippen LogP contribution is 2.32. The van der Waals surface area contributed by atoms with Crippen molar-refractivity contribution >= 4 is 46.3 Å². The van der Waals surface area contributed by atoms with Gasteiger partial charge in [0.2, 0.25) is 0 Å². The summed E-state index contributed by atoms with van der Waals surface area (Å²) in [5.74, 6) is -0.0611. The number of aliphatic carboxylic acids is 1. The number of halogens is 1. The summed E-state index contributed by atoms with van der Waals surface area (Å²) >= 11 is 0. The predicted molar refractivity (Wildman–Crippen MR) is 104 cm³/mol. The van der Waals surface area contributed by atoms with Gasteiger partial charge in [0.25, 0.3) is 0 Å². The molecule has 1 aliphatic heterocycles. The highest BCUT2D eigenvalue weighted by molar-refractivity contribution is 7.96. The lowest BCUT2D eigenvalue weighted by molar-refractivity contribution is -0.307. The molecule has 1 saturated heterocycles. The molecule has 1 aliphatic rings. The maximum absolute atomic E-state index is 10.7. The third-order valence-corrected chi connectivity index (χ3v) is 6.36. The van der Waals surface area contributed by atoms with Crippen LogP contribution in [0.3, 0.4) is 0 Å². The Labute approximate surface area is 169 Å². The van der Waals surface area contributed by atoms with Gasteiger partial charge in [0.05, 0.1) is 18.6 Å². The maximum atomic E-state index is 10.7. The fraction of sp³-hybridized carbons (Fsp3) is 0.600. The molecule has 13 heteroatoms. The van der Waals surface area contributed by atoms with Gasteiger partial charge in [0.15, 0.2) is 17.7 Å². The lowest BCUT2D eigenvalue weighted by Crippen LogP contribution is -2.43. The minimum absolute atomic E-state index is 0. The Morgan fingerprint density at radius 2 is 2.11 bits per heavy atom. The molecule has 2 aromatic rings. The topological polar surface area (TPSA) is 185 Å². The van der Waals surface area contributed by atoms with E-state index in [0.29, 0.717) is 22.7 Å². The van der Waals surface area contributed by atoms with Gasteiger partial charge in [-0.3, -0.25) is 4.57 Å². The molecule has 2 aromatic heterocycles. The standard InChI is InChI=1S/C15H22N6O5S.ClH/c1-27(3-2-7(16)15(24)25)4-8-10(22)11(23)14(26-8)21-6-20-9-12(17)18-5-19-13(9)21;/h5-8,10-11,14,22-23H,2-4,16H2,1H3,(H2-,17,18,19,24,25);1H/t7?,8-,10-,11-,14-,27?;/m1./s1. The van der Waals surface area contributed by atoms with Crippen LogP contribution in [0.4, 0.5) is 5.82 Å². The second-order valence-electron chi connectivity index (χ2n) is 6.50. The van der Waals surface area contributed by atoms with E-state index in [-0.39, 0.29) is 35.5 Å². The van der Waals surface area contributed by atoms with Crippen molar-refractivity contribution in [3.63, 3.8) is 0 Å². The average molecular weight is 435 g/mol. The molecule has 11 nitrogen and oxygen atoms in total. The number of hydrogen-bond acceptors (Lipinski definition) is 10. The summed E-state index contributed by atoms with van der Waals surface area (Å²) in [6, 6.07) is -1.02. The molecule has 6 N–H and O–H groups in total. The number of carboxylic acid groups (broad SMARTS) is 1. The Morgan fingerprint density at radius 1 is 1.39 bits per heavy atom. The Balaban J connectivity index is 0.00000280. The first-order chi connectivity index (χ1) is 12.8. The van der Waals surface area contributed by atoms with Crippen molar-refractivity contribution in [2.45, 2.75) is 37.0 Å². The molecule has 0 bridgehead atoms. The van der Waals surface area contributed by atoms with Gasteiger partial charge in [-0.05, 0) is 10.9 Å². The Hall–Kier alpha value is -1.70. The van der Waals surface area contributed by atoms with E-state index in [0.717, 1.165) is 0 Å². The fourth-order valence-electron chi connectivity index (χ4n) is 2.96. The molecule has 2 unspecified atom stereocenters. The van der Waals surface area contributed by atoms with E-state index in [9.17, 15) is 20.1 Å². The van der Waals surface area contributed by atoms with Crippen LogP contribution in [0.5, 0.6) is 0 Å². The van der Waals surface area contributed by atoms with Gasteiger partial charge < -0.3 is 36.3 Å². The van der Waals surface area contributed by atoms with Crippen LogP contribution in [0.15, 0.2) is 12.7 Å². The number of carbonyl (C=O) groups excluding carboxylic acids is 1. The average Bonchev–Trinajstić information content (AvgIpc) is 3.17. The van der Waals surface area contributed by atoms with Gasteiger partial charge in [-0.15, -0.1) is 12.4 Å².